The van der Waals surface area contributed by atoms with Crippen molar-refractivity contribution in [2.45, 2.75) is 6.54 Å². The Morgan fingerprint density at radius 2 is 2.00 bits per heavy atom. The quantitative estimate of drug-likeness (QED) is 0.779. The third-order valence-corrected chi connectivity index (χ3v) is 4.24. The molecule has 1 N–H and O–H groups in total. The van der Waals surface area contributed by atoms with Gasteiger partial charge in [0.2, 0.25) is 6.79 Å². The van der Waals surface area contributed by atoms with E-state index in [1.807, 2.05) is 24.3 Å². The Labute approximate surface area is 140 Å². The van der Waals surface area contributed by atoms with Crippen LogP contribution in [0.4, 0.5) is 0 Å². The predicted octanol–water partition coefficient (Wildman–Crippen LogP) is 3.60. The molecule has 4 nitrogen and oxygen atoms in total. The van der Waals surface area contributed by atoms with E-state index in [2.05, 4.69) is 27.9 Å². The molecule has 0 saturated heterocycles. The predicted molar refractivity (Wildman–Crippen MR) is 87.9 cm³/mol. The van der Waals surface area contributed by atoms with Gasteiger partial charge in [0, 0.05) is 15.1 Å². The van der Waals surface area contributed by atoms with Gasteiger partial charge in [-0.25, -0.2) is 0 Å². The number of carbonyl (C=O) groups is 1. The number of hydrogen-bond donors (Lipinski definition) is 1. The molecule has 0 bridgehead atoms. The summed E-state index contributed by atoms with van der Waals surface area (Å²) < 4.78 is 11.4. The molecule has 108 valence electrons. The Morgan fingerprint density at radius 1 is 1.19 bits per heavy atom. The van der Waals surface area contributed by atoms with Crippen molar-refractivity contribution in [2.24, 2.45) is 0 Å². The van der Waals surface area contributed by atoms with Gasteiger partial charge in [0.05, 0.1) is 5.56 Å². The second-order valence-electron chi connectivity index (χ2n) is 4.49. The van der Waals surface area contributed by atoms with Crippen molar-refractivity contribution in [3.63, 3.8) is 0 Å². The summed E-state index contributed by atoms with van der Waals surface area (Å²) in [4.78, 5) is 12.2. The molecule has 2 aromatic carbocycles. The van der Waals surface area contributed by atoms with Crippen LogP contribution < -0.4 is 14.8 Å². The average Bonchev–Trinajstić information content (AvgIpc) is 2.94. The second kappa shape index (κ2) is 6.11. The molecular formula is C15H11ClINO3. The standard InChI is InChI=1S/C15H11ClINO3/c16-10-2-3-12(17)11(6-10)15(19)18-7-9-1-4-13-14(5-9)21-8-20-13/h1-6H,7-8H2,(H,18,19). The Morgan fingerprint density at radius 3 is 2.86 bits per heavy atom. The van der Waals surface area contributed by atoms with Gasteiger partial charge in [0.25, 0.3) is 5.91 Å². The molecule has 0 unspecified atom stereocenters. The zero-order valence-corrected chi connectivity index (χ0v) is 13.8. The zero-order valence-electron chi connectivity index (χ0n) is 10.9. The van der Waals surface area contributed by atoms with E-state index in [0.29, 0.717) is 22.9 Å². The monoisotopic (exact) mass is 415 g/mol. The molecule has 6 heteroatoms. The fourth-order valence-corrected chi connectivity index (χ4v) is 2.75. The minimum Gasteiger partial charge on any atom is -0.454 e. The summed E-state index contributed by atoms with van der Waals surface area (Å²) in [5.41, 5.74) is 1.52. The Kier molecular flexibility index (Phi) is 4.21. The van der Waals surface area contributed by atoms with Crippen LogP contribution >= 0.6 is 34.2 Å². The maximum atomic E-state index is 12.2. The lowest BCUT2D eigenvalue weighted by atomic mass is 10.2. The summed E-state index contributed by atoms with van der Waals surface area (Å²) in [6.07, 6.45) is 0. The van der Waals surface area contributed by atoms with Crippen molar-refractivity contribution in [3.8, 4) is 11.5 Å². The van der Waals surface area contributed by atoms with Crippen LogP contribution in [-0.4, -0.2) is 12.7 Å². The average molecular weight is 416 g/mol. The first-order chi connectivity index (χ1) is 10.1. The van der Waals surface area contributed by atoms with Crippen LogP contribution in [0.5, 0.6) is 11.5 Å². The third-order valence-electron chi connectivity index (χ3n) is 3.06. The van der Waals surface area contributed by atoms with Crippen LogP contribution in [0, 0.1) is 3.57 Å². The topological polar surface area (TPSA) is 47.6 Å². The minimum atomic E-state index is -0.153. The first kappa shape index (κ1) is 14.5. The lowest BCUT2D eigenvalue weighted by Crippen LogP contribution is -2.23. The van der Waals surface area contributed by atoms with E-state index < -0.39 is 0 Å². The highest BCUT2D eigenvalue weighted by molar-refractivity contribution is 14.1. The maximum absolute atomic E-state index is 12.2. The molecule has 21 heavy (non-hydrogen) atoms. The number of hydrogen-bond acceptors (Lipinski definition) is 3. The summed E-state index contributed by atoms with van der Waals surface area (Å²) in [5, 5.41) is 3.42. The van der Waals surface area contributed by atoms with E-state index in [9.17, 15) is 4.79 Å². The molecule has 0 aliphatic carbocycles. The number of amides is 1. The molecule has 0 saturated carbocycles. The van der Waals surface area contributed by atoms with Crippen LogP contribution in [0.25, 0.3) is 0 Å². The minimum absolute atomic E-state index is 0.153. The van der Waals surface area contributed by atoms with Crippen LogP contribution in [0.1, 0.15) is 15.9 Å². The molecule has 0 fully saturated rings. The number of benzene rings is 2. The summed E-state index contributed by atoms with van der Waals surface area (Å²) in [5.74, 6) is 1.29. The van der Waals surface area contributed by atoms with Crippen molar-refractivity contribution in [1.82, 2.24) is 5.32 Å². The van der Waals surface area contributed by atoms with Gasteiger partial charge < -0.3 is 14.8 Å². The Balaban J connectivity index is 1.70. The SMILES string of the molecule is O=C(NCc1ccc2c(c1)OCO2)c1cc(Cl)ccc1I. The van der Waals surface area contributed by atoms with E-state index in [1.165, 1.54) is 0 Å². The van der Waals surface area contributed by atoms with Gasteiger partial charge in [-0.1, -0.05) is 17.7 Å². The summed E-state index contributed by atoms with van der Waals surface area (Å²) >= 11 is 8.04. The molecular weight excluding hydrogens is 405 g/mol. The summed E-state index contributed by atoms with van der Waals surface area (Å²) in [6.45, 7) is 0.657. The van der Waals surface area contributed by atoms with E-state index in [1.54, 1.807) is 12.1 Å². The summed E-state index contributed by atoms with van der Waals surface area (Å²) in [7, 11) is 0. The smallest absolute Gasteiger partial charge is 0.252 e. The van der Waals surface area contributed by atoms with Crippen molar-refractivity contribution < 1.29 is 14.3 Å². The number of halogens is 2. The highest BCUT2D eigenvalue weighted by Crippen LogP contribution is 2.32. The van der Waals surface area contributed by atoms with Crippen LogP contribution in [0.3, 0.4) is 0 Å². The molecule has 1 amide bonds. The number of rotatable bonds is 3. The molecule has 0 aromatic heterocycles. The van der Waals surface area contributed by atoms with Gasteiger partial charge in [0.15, 0.2) is 11.5 Å². The van der Waals surface area contributed by atoms with E-state index in [4.69, 9.17) is 21.1 Å². The molecule has 3 rings (SSSR count). The zero-order chi connectivity index (χ0) is 14.8. The Bertz CT molecular complexity index is 705. The van der Waals surface area contributed by atoms with Crippen LogP contribution in [0.15, 0.2) is 36.4 Å². The molecule has 2 aromatic rings. The van der Waals surface area contributed by atoms with Gasteiger partial charge in [-0.3, -0.25) is 4.79 Å². The highest BCUT2D eigenvalue weighted by atomic mass is 127. The van der Waals surface area contributed by atoms with Crippen LogP contribution in [0.2, 0.25) is 5.02 Å². The largest absolute Gasteiger partial charge is 0.454 e. The van der Waals surface area contributed by atoms with Gasteiger partial charge >= 0.3 is 0 Å². The van der Waals surface area contributed by atoms with E-state index in [-0.39, 0.29) is 12.7 Å². The fourth-order valence-electron chi connectivity index (χ4n) is 2.00. The number of ether oxygens (including phenoxy) is 2. The van der Waals surface area contributed by atoms with Crippen molar-refractivity contribution >= 4 is 40.1 Å². The maximum Gasteiger partial charge on any atom is 0.252 e. The fraction of sp³-hybridized carbons (Fsp3) is 0.133. The van der Waals surface area contributed by atoms with E-state index in [0.717, 1.165) is 14.9 Å². The van der Waals surface area contributed by atoms with E-state index >= 15 is 0 Å². The first-order valence-electron chi connectivity index (χ1n) is 6.25. The van der Waals surface area contributed by atoms with Crippen molar-refractivity contribution in [3.05, 3.63) is 56.1 Å². The van der Waals surface area contributed by atoms with Crippen molar-refractivity contribution in [2.75, 3.05) is 6.79 Å². The number of carbonyl (C=O) groups excluding carboxylic acids is 1. The molecule has 1 heterocycles. The first-order valence-corrected chi connectivity index (χ1v) is 7.71. The number of nitrogens with one attached hydrogen (secondary N) is 1. The van der Waals surface area contributed by atoms with Gasteiger partial charge in [-0.15, -0.1) is 0 Å². The molecule has 1 aliphatic heterocycles. The highest BCUT2D eigenvalue weighted by Gasteiger charge is 2.14. The molecule has 1 aliphatic rings. The molecule has 0 spiro atoms. The normalized spacial score (nSPS) is 12.3. The number of fused-ring (bicyclic) bond motifs is 1. The molecule has 0 radical (unpaired) electrons. The van der Waals surface area contributed by atoms with Crippen molar-refractivity contribution in [1.29, 1.82) is 0 Å². The van der Waals surface area contributed by atoms with Crippen LogP contribution in [-0.2, 0) is 6.54 Å². The van der Waals surface area contributed by atoms with Gasteiger partial charge in [-0.05, 0) is 58.5 Å². The lowest BCUT2D eigenvalue weighted by molar-refractivity contribution is 0.0950. The third kappa shape index (κ3) is 3.24. The summed E-state index contributed by atoms with van der Waals surface area (Å²) in [6, 6.07) is 10.9. The molecule has 0 atom stereocenters. The Hall–Kier alpha value is -1.47. The lowest BCUT2D eigenvalue weighted by Gasteiger charge is -2.08. The second-order valence-corrected chi connectivity index (χ2v) is 6.09. The van der Waals surface area contributed by atoms with Gasteiger partial charge in [-0.2, -0.15) is 0 Å². The van der Waals surface area contributed by atoms with Gasteiger partial charge in [0.1, 0.15) is 0 Å².